The molecule has 0 fully saturated rings. The second-order valence-corrected chi connectivity index (χ2v) is 3.95. The summed E-state index contributed by atoms with van der Waals surface area (Å²) in [6.07, 6.45) is -3.05. The van der Waals surface area contributed by atoms with Crippen LogP contribution in [-0.4, -0.2) is 11.7 Å². The Labute approximate surface area is 109 Å². The van der Waals surface area contributed by atoms with E-state index in [2.05, 4.69) is 0 Å². The van der Waals surface area contributed by atoms with Gasteiger partial charge in [0.1, 0.15) is 5.75 Å². The fourth-order valence-electron chi connectivity index (χ4n) is 1.51. The second kappa shape index (κ2) is 7.00. The summed E-state index contributed by atoms with van der Waals surface area (Å²) in [4.78, 5) is 0. The van der Waals surface area contributed by atoms with Gasteiger partial charge < -0.3 is 9.84 Å². The molecule has 104 valence electrons. The molecule has 3 nitrogen and oxygen atoms in total. The lowest BCUT2D eigenvalue weighted by Crippen LogP contribution is -2.10. The van der Waals surface area contributed by atoms with Crippen LogP contribution >= 0.6 is 0 Å². The standard InChI is InChI=1S/C13H14F3NO2/c14-13(15,16)11-8-10(9-18)4-5-12(11)19-7-3-1-2-6-17/h4-5,8,18H,1-3,7,9H2. The van der Waals surface area contributed by atoms with Gasteiger partial charge in [0.05, 0.1) is 24.8 Å². The summed E-state index contributed by atoms with van der Waals surface area (Å²) in [7, 11) is 0. The Hall–Kier alpha value is -1.74. The van der Waals surface area contributed by atoms with E-state index in [1.807, 2.05) is 6.07 Å². The van der Waals surface area contributed by atoms with Gasteiger partial charge in [0, 0.05) is 6.42 Å². The number of nitrogens with zero attached hydrogens (tertiary/aromatic N) is 1. The molecule has 0 spiro atoms. The molecule has 0 atom stereocenters. The average Bonchev–Trinajstić information content (AvgIpc) is 2.37. The van der Waals surface area contributed by atoms with Crippen LogP contribution in [0.2, 0.25) is 0 Å². The number of rotatable bonds is 6. The maximum absolute atomic E-state index is 12.8. The molecule has 0 aliphatic heterocycles. The van der Waals surface area contributed by atoms with Crippen LogP contribution in [0, 0.1) is 11.3 Å². The summed E-state index contributed by atoms with van der Waals surface area (Å²) in [5.74, 6) is -0.248. The summed E-state index contributed by atoms with van der Waals surface area (Å²) < 4.78 is 43.5. The van der Waals surface area contributed by atoms with Gasteiger partial charge in [0.25, 0.3) is 0 Å². The van der Waals surface area contributed by atoms with Crippen molar-refractivity contribution in [2.24, 2.45) is 0 Å². The molecule has 0 unspecified atom stereocenters. The molecule has 1 aromatic rings. The van der Waals surface area contributed by atoms with Crippen molar-refractivity contribution >= 4 is 0 Å². The van der Waals surface area contributed by atoms with E-state index in [0.29, 0.717) is 19.3 Å². The number of aliphatic hydroxyl groups excluding tert-OH is 1. The van der Waals surface area contributed by atoms with E-state index >= 15 is 0 Å². The van der Waals surface area contributed by atoms with Gasteiger partial charge in [-0.2, -0.15) is 18.4 Å². The fourth-order valence-corrected chi connectivity index (χ4v) is 1.51. The van der Waals surface area contributed by atoms with Crippen molar-refractivity contribution < 1.29 is 23.0 Å². The van der Waals surface area contributed by atoms with Gasteiger partial charge in [0.15, 0.2) is 0 Å². The molecule has 0 saturated heterocycles. The number of hydrogen-bond acceptors (Lipinski definition) is 3. The van der Waals surface area contributed by atoms with Gasteiger partial charge in [0.2, 0.25) is 0 Å². The Morgan fingerprint density at radius 3 is 2.58 bits per heavy atom. The van der Waals surface area contributed by atoms with E-state index in [1.165, 1.54) is 12.1 Å². The first-order valence-corrected chi connectivity index (χ1v) is 5.79. The van der Waals surface area contributed by atoms with Crippen LogP contribution < -0.4 is 4.74 Å². The van der Waals surface area contributed by atoms with Gasteiger partial charge in [-0.15, -0.1) is 0 Å². The number of unbranched alkanes of at least 4 members (excludes halogenated alkanes) is 2. The lowest BCUT2D eigenvalue weighted by molar-refractivity contribution is -0.139. The van der Waals surface area contributed by atoms with Gasteiger partial charge in [-0.25, -0.2) is 0 Å². The van der Waals surface area contributed by atoms with Crippen LogP contribution in [0.15, 0.2) is 18.2 Å². The molecule has 1 rings (SSSR count). The van der Waals surface area contributed by atoms with Crippen LogP contribution in [0.5, 0.6) is 5.75 Å². The molecule has 6 heteroatoms. The van der Waals surface area contributed by atoms with Crippen molar-refractivity contribution in [3.8, 4) is 11.8 Å². The van der Waals surface area contributed by atoms with Crippen LogP contribution in [0.4, 0.5) is 13.2 Å². The van der Waals surface area contributed by atoms with Gasteiger partial charge in [-0.3, -0.25) is 0 Å². The zero-order valence-electron chi connectivity index (χ0n) is 10.2. The monoisotopic (exact) mass is 273 g/mol. The molecule has 0 aliphatic carbocycles. The average molecular weight is 273 g/mol. The van der Waals surface area contributed by atoms with Crippen LogP contribution in [0.25, 0.3) is 0 Å². The van der Waals surface area contributed by atoms with Crippen molar-refractivity contribution in [2.45, 2.75) is 32.0 Å². The highest BCUT2D eigenvalue weighted by atomic mass is 19.4. The van der Waals surface area contributed by atoms with Crippen molar-refractivity contribution in [3.05, 3.63) is 29.3 Å². The molecule has 19 heavy (non-hydrogen) atoms. The number of halogens is 3. The minimum absolute atomic E-state index is 0.128. The van der Waals surface area contributed by atoms with E-state index in [4.69, 9.17) is 15.1 Å². The van der Waals surface area contributed by atoms with Crippen molar-refractivity contribution in [3.63, 3.8) is 0 Å². The van der Waals surface area contributed by atoms with E-state index in [1.54, 1.807) is 0 Å². The number of ether oxygens (including phenoxy) is 1. The molecular weight excluding hydrogens is 259 g/mol. The minimum atomic E-state index is -4.52. The SMILES string of the molecule is N#CCCCCOc1ccc(CO)cc1C(F)(F)F. The number of alkyl halides is 3. The number of nitriles is 1. The Morgan fingerprint density at radius 1 is 1.26 bits per heavy atom. The predicted molar refractivity (Wildman–Crippen MR) is 62.3 cm³/mol. The quantitative estimate of drug-likeness (QED) is 0.809. The third kappa shape index (κ3) is 4.79. The molecular formula is C13H14F3NO2. The first-order chi connectivity index (χ1) is 8.99. The maximum Gasteiger partial charge on any atom is 0.419 e. The molecule has 0 amide bonds. The van der Waals surface area contributed by atoms with E-state index in [9.17, 15) is 13.2 Å². The Balaban J connectivity index is 2.74. The summed E-state index contributed by atoms with van der Waals surface area (Å²) in [5.41, 5.74) is -0.705. The zero-order valence-corrected chi connectivity index (χ0v) is 10.2. The number of benzene rings is 1. The van der Waals surface area contributed by atoms with E-state index in [-0.39, 0.29) is 17.9 Å². The lowest BCUT2D eigenvalue weighted by atomic mass is 10.1. The normalized spacial score (nSPS) is 11.1. The van der Waals surface area contributed by atoms with Crippen LogP contribution in [0.3, 0.4) is 0 Å². The smallest absolute Gasteiger partial charge is 0.419 e. The van der Waals surface area contributed by atoms with Gasteiger partial charge in [-0.05, 0) is 30.5 Å². The predicted octanol–water partition coefficient (Wildman–Crippen LogP) is 3.27. The Morgan fingerprint density at radius 2 is 2.00 bits per heavy atom. The summed E-state index contributed by atoms with van der Waals surface area (Å²) in [5, 5.41) is 17.2. The third-order valence-electron chi connectivity index (χ3n) is 2.47. The molecule has 0 radical (unpaired) electrons. The highest BCUT2D eigenvalue weighted by molar-refractivity contribution is 5.39. The Bertz CT molecular complexity index is 452. The molecule has 1 N–H and O–H groups in total. The second-order valence-electron chi connectivity index (χ2n) is 3.95. The summed E-state index contributed by atoms with van der Waals surface area (Å²) >= 11 is 0. The lowest BCUT2D eigenvalue weighted by Gasteiger charge is -2.14. The van der Waals surface area contributed by atoms with Gasteiger partial charge >= 0.3 is 6.18 Å². The van der Waals surface area contributed by atoms with E-state index in [0.717, 1.165) is 6.07 Å². The fraction of sp³-hybridized carbons (Fsp3) is 0.462. The summed E-state index contributed by atoms with van der Waals surface area (Å²) in [6, 6.07) is 5.43. The molecule has 0 aromatic heterocycles. The summed E-state index contributed by atoms with van der Waals surface area (Å²) in [6.45, 7) is -0.325. The maximum atomic E-state index is 12.8. The van der Waals surface area contributed by atoms with Gasteiger partial charge in [-0.1, -0.05) is 6.07 Å². The van der Waals surface area contributed by atoms with E-state index < -0.39 is 18.3 Å². The first kappa shape index (κ1) is 15.3. The van der Waals surface area contributed by atoms with Crippen molar-refractivity contribution in [1.82, 2.24) is 0 Å². The highest BCUT2D eigenvalue weighted by Crippen LogP contribution is 2.36. The van der Waals surface area contributed by atoms with Crippen molar-refractivity contribution in [1.29, 1.82) is 5.26 Å². The first-order valence-electron chi connectivity index (χ1n) is 5.79. The largest absolute Gasteiger partial charge is 0.493 e. The van der Waals surface area contributed by atoms with Crippen molar-refractivity contribution in [2.75, 3.05) is 6.61 Å². The molecule has 0 heterocycles. The third-order valence-corrected chi connectivity index (χ3v) is 2.47. The number of aliphatic hydroxyl groups is 1. The Kier molecular flexibility index (Phi) is 5.64. The number of hydrogen-bond donors (Lipinski definition) is 1. The molecule has 0 bridgehead atoms. The minimum Gasteiger partial charge on any atom is -0.493 e. The molecule has 0 saturated carbocycles. The highest BCUT2D eigenvalue weighted by Gasteiger charge is 2.34. The van der Waals surface area contributed by atoms with Crippen LogP contribution in [0.1, 0.15) is 30.4 Å². The zero-order chi connectivity index (χ0) is 14.3. The molecule has 1 aromatic carbocycles. The molecule has 0 aliphatic rings. The van der Waals surface area contributed by atoms with Crippen LogP contribution in [-0.2, 0) is 12.8 Å². The topological polar surface area (TPSA) is 53.2 Å².